The molecule has 3 heteroatoms. The molecule has 0 spiro atoms. The molecule has 0 heterocycles. The summed E-state index contributed by atoms with van der Waals surface area (Å²) in [5.74, 6) is -0.203. The number of halogens is 2. The molecule has 1 unspecified atom stereocenters. The lowest BCUT2D eigenvalue weighted by atomic mass is 10.1. The Morgan fingerprint density at radius 2 is 2.20 bits per heavy atom. The van der Waals surface area contributed by atoms with E-state index in [4.69, 9.17) is 11.6 Å². The van der Waals surface area contributed by atoms with Crippen LogP contribution < -0.4 is 5.32 Å². The normalized spacial score (nSPS) is 12.8. The van der Waals surface area contributed by atoms with Gasteiger partial charge in [0.05, 0.1) is 0 Å². The lowest BCUT2D eigenvalue weighted by molar-refractivity contribution is 0.520. The van der Waals surface area contributed by atoms with Crippen LogP contribution in [0.25, 0.3) is 0 Å². The van der Waals surface area contributed by atoms with Crippen molar-refractivity contribution in [2.45, 2.75) is 32.7 Å². The first-order valence-electron chi connectivity index (χ1n) is 5.31. The molecule has 0 aliphatic heterocycles. The first-order chi connectivity index (χ1) is 7.15. The Labute approximate surface area is 95.6 Å². The molecule has 1 nitrogen and oxygen atoms in total. The molecular weight excluding hydrogens is 213 g/mol. The van der Waals surface area contributed by atoms with Crippen molar-refractivity contribution >= 4 is 11.6 Å². The van der Waals surface area contributed by atoms with Crippen LogP contribution in [-0.2, 0) is 6.42 Å². The van der Waals surface area contributed by atoms with Crippen molar-refractivity contribution in [2.24, 2.45) is 0 Å². The van der Waals surface area contributed by atoms with Crippen LogP contribution in [0.3, 0.4) is 0 Å². The van der Waals surface area contributed by atoms with Gasteiger partial charge in [0.1, 0.15) is 5.82 Å². The SMILES string of the molecule is CCNC(C)CCc1c(F)cccc1Cl. The maximum absolute atomic E-state index is 13.4. The number of nitrogens with one attached hydrogen (secondary N) is 1. The predicted molar refractivity (Wildman–Crippen MR) is 62.9 cm³/mol. The molecule has 0 bridgehead atoms. The molecule has 0 saturated heterocycles. The van der Waals surface area contributed by atoms with Gasteiger partial charge in [0.2, 0.25) is 0 Å². The van der Waals surface area contributed by atoms with Gasteiger partial charge >= 0.3 is 0 Å². The van der Waals surface area contributed by atoms with E-state index in [1.54, 1.807) is 12.1 Å². The fourth-order valence-corrected chi connectivity index (χ4v) is 1.84. The Bertz CT molecular complexity index is 294. The third kappa shape index (κ3) is 3.80. The van der Waals surface area contributed by atoms with Gasteiger partial charge in [-0.1, -0.05) is 24.6 Å². The summed E-state index contributed by atoms with van der Waals surface area (Å²) in [5.41, 5.74) is 0.629. The van der Waals surface area contributed by atoms with Crippen molar-refractivity contribution in [3.63, 3.8) is 0 Å². The summed E-state index contributed by atoms with van der Waals surface area (Å²) in [5, 5.41) is 3.82. The molecule has 0 radical (unpaired) electrons. The summed E-state index contributed by atoms with van der Waals surface area (Å²) >= 11 is 5.93. The molecule has 1 rings (SSSR count). The molecule has 0 aliphatic rings. The number of hydrogen-bond donors (Lipinski definition) is 1. The lowest BCUT2D eigenvalue weighted by Gasteiger charge is -2.12. The highest BCUT2D eigenvalue weighted by Gasteiger charge is 2.08. The second-order valence-corrected chi connectivity index (χ2v) is 4.10. The molecule has 0 amide bonds. The number of benzene rings is 1. The maximum Gasteiger partial charge on any atom is 0.127 e. The third-order valence-corrected chi connectivity index (χ3v) is 2.80. The summed E-state index contributed by atoms with van der Waals surface area (Å²) < 4.78 is 13.4. The highest BCUT2D eigenvalue weighted by molar-refractivity contribution is 6.31. The molecule has 84 valence electrons. The van der Waals surface area contributed by atoms with E-state index in [9.17, 15) is 4.39 Å². The van der Waals surface area contributed by atoms with E-state index in [0.29, 0.717) is 23.0 Å². The summed E-state index contributed by atoms with van der Waals surface area (Å²) in [4.78, 5) is 0. The van der Waals surface area contributed by atoms with Crippen molar-refractivity contribution in [3.05, 3.63) is 34.6 Å². The van der Waals surface area contributed by atoms with Crippen molar-refractivity contribution in [3.8, 4) is 0 Å². The molecule has 15 heavy (non-hydrogen) atoms. The Balaban J connectivity index is 2.57. The average Bonchev–Trinajstić information content (AvgIpc) is 2.17. The Hall–Kier alpha value is -0.600. The Kier molecular flexibility index (Phi) is 5.06. The van der Waals surface area contributed by atoms with E-state index >= 15 is 0 Å². The van der Waals surface area contributed by atoms with Crippen LogP contribution in [0.4, 0.5) is 4.39 Å². The van der Waals surface area contributed by atoms with E-state index in [1.807, 2.05) is 0 Å². The van der Waals surface area contributed by atoms with Gasteiger partial charge in [-0.25, -0.2) is 4.39 Å². The third-order valence-electron chi connectivity index (χ3n) is 2.44. The smallest absolute Gasteiger partial charge is 0.127 e. The second kappa shape index (κ2) is 6.09. The predicted octanol–water partition coefficient (Wildman–Crippen LogP) is 3.41. The minimum absolute atomic E-state index is 0.203. The average molecular weight is 230 g/mol. The summed E-state index contributed by atoms with van der Waals surface area (Å²) in [6, 6.07) is 5.22. The quantitative estimate of drug-likeness (QED) is 0.816. The van der Waals surface area contributed by atoms with Gasteiger partial charge in [-0.05, 0) is 38.4 Å². The fraction of sp³-hybridized carbons (Fsp3) is 0.500. The molecule has 1 N–H and O–H groups in total. The van der Waals surface area contributed by atoms with Gasteiger partial charge in [0, 0.05) is 16.6 Å². The van der Waals surface area contributed by atoms with Crippen LogP contribution in [0.15, 0.2) is 18.2 Å². The van der Waals surface area contributed by atoms with Crippen LogP contribution in [0.2, 0.25) is 5.02 Å². The molecule has 1 aromatic carbocycles. The van der Waals surface area contributed by atoms with E-state index in [1.165, 1.54) is 6.07 Å². The van der Waals surface area contributed by atoms with E-state index in [2.05, 4.69) is 19.2 Å². The monoisotopic (exact) mass is 229 g/mol. The van der Waals surface area contributed by atoms with Crippen LogP contribution in [0, 0.1) is 5.82 Å². The zero-order chi connectivity index (χ0) is 11.3. The van der Waals surface area contributed by atoms with E-state index in [0.717, 1.165) is 13.0 Å². The molecule has 0 aromatic heterocycles. The van der Waals surface area contributed by atoms with Crippen LogP contribution in [-0.4, -0.2) is 12.6 Å². The number of hydrogen-bond acceptors (Lipinski definition) is 1. The zero-order valence-electron chi connectivity index (χ0n) is 9.19. The van der Waals surface area contributed by atoms with Gasteiger partial charge in [-0.2, -0.15) is 0 Å². The van der Waals surface area contributed by atoms with Crippen molar-refractivity contribution < 1.29 is 4.39 Å². The number of rotatable bonds is 5. The van der Waals surface area contributed by atoms with Crippen molar-refractivity contribution in [1.29, 1.82) is 0 Å². The maximum atomic E-state index is 13.4. The topological polar surface area (TPSA) is 12.0 Å². The standard InChI is InChI=1S/C12H17ClFN/c1-3-15-9(2)7-8-10-11(13)5-4-6-12(10)14/h4-6,9,15H,3,7-8H2,1-2H3. The molecule has 1 aromatic rings. The van der Waals surface area contributed by atoms with Crippen LogP contribution in [0.1, 0.15) is 25.8 Å². The first kappa shape index (κ1) is 12.5. The van der Waals surface area contributed by atoms with Gasteiger partial charge < -0.3 is 5.32 Å². The zero-order valence-corrected chi connectivity index (χ0v) is 9.94. The van der Waals surface area contributed by atoms with Gasteiger partial charge in [-0.3, -0.25) is 0 Å². The van der Waals surface area contributed by atoms with Gasteiger partial charge in [0.25, 0.3) is 0 Å². The summed E-state index contributed by atoms with van der Waals surface area (Å²) in [6.45, 7) is 5.09. The largest absolute Gasteiger partial charge is 0.315 e. The van der Waals surface area contributed by atoms with Gasteiger partial charge in [-0.15, -0.1) is 0 Å². The highest BCUT2D eigenvalue weighted by atomic mass is 35.5. The van der Waals surface area contributed by atoms with E-state index < -0.39 is 0 Å². The first-order valence-corrected chi connectivity index (χ1v) is 5.69. The summed E-state index contributed by atoms with van der Waals surface area (Å²) in [6.07, 6.45) is 1.58. The van der Waals surface area contributed by atoms with Crippen molar-refractivity contribution in [2.75, 3.05) is 6.54 Å². The molecule has 0 aliphatic carbocycles. The molecule has 1 atom stereocenters. The minimum Gasteiger partial charge on any atom is -0.315 e. The summed E-state index contributed by atoms with van der Waals surface area (Å²) in [7, 11) is 0. The lowest BCUT2D eigenvalue weighted by Crippen LogP contribution is -2.26. The fourth-order valence-electron chi connectivity index (χ4n) is 1.58. The minimum atomic E-state index is -0.203. The van der Waals surface area contributed by atoms with Crippen LogP contribution >= 0.6 is 11.6 Å². The van der Waals surface area contributed by atoms with Crippen molar-refractivity contribution in [1.82, 2.24) is 5.32 Å². The Morgan fingerprint density at radius 1 is 1.47 bits per heavy atom. The van der Waals surface area contributed by atoms with Crippen LogP contribution in [0.5, 0.6) is 0 Å². The second-order valence-electron chi connectivity index (χ2n) is 3.70. The van der Waals surface area contributed by atoms with E-state index in [-0.39, 0.29) is 5.82 Å². The highest BCUT2D eigenvalue weighted by Crippen LogP contribution is 2.20. The molecule has 0 fully saturated rings. The Morgan fingerprint density at radius 3 is 2.80 bits per heavy atom. The molecular formula is C12H17ClFN. The molecule has 0 saturated carbocycles. The van der Waals surface area contributed by atoms with Gasteiger partial charge in [0.15, 0.2) is 0 Å².